The molecule has 0 aromatic rings. The topological polar surface area (TPSA) is 76.4 Å². The van der Waals surface area contributed by atoms with Crippen LogP contribution in [0.3, 0.4) is 0 Å². The van der Waals surface area contributed by atoms with Crippen molar-refractivity contribution >= 4 is 5.91 Å². The van der Waals surface area contributed by atoms with Crippen LogP contribution < -0.4 is 5.32 Å². The number of likely N-dealkylation sites (N-methyl/N-ethyl adjacent to an activating group) is 1. The van der Waals surface area contributed by atoms with Crippen LogP contribution >= 0.6 is 0 Å². The summed E-state index contributed by atoms with van der Waals surface area (Å²) in [6, 6.07) is 1.98. The van der Waals surface area contributed by atoms with Gasteiger partial charge in [-0.15, -0.1) is 0 Å². The molecule has 0 unspecified atom stereocenters. The molecule has 1 saturated carbocycles. The summed E-state index contributed by atoms with van der Waals surface area (Å²) in [5, 5.41) is 20.1. The monoisotopic (exact) mass is 225 g/mol. The first-order chi connectivity index (χ1) is 7.61. The summed E-state index contributed by atoms with van der Waals surface area (Å²) in [7, 11) is 1.90. The Labute approximate surface area is 96.0 Å². The van der Waals surface area contributed by atoms with Crippen LogP contribution in [0.15, 0.2) is 0 Å². The molecule has 0 aromatic carbocycles. The maximum absolute atomic E-state index is 11.4. The quantitative estimate of drug-likeness (QED) is 0.609. The number of nitriles is 1. The fourth-order valence-electron chi connectivity index (χ4n) is 1.91. The lowest BCUT2D eigenvalue weighted by Crippen LogP contribution is -2.41. The standard InChI is InChI=1S/C11H19N3O2/c1-14(7-9-5-10(15)6-9)8-11(16)13-4-2-3-12/h9-10,15H,2,4-8H2,1H3,(H,13,16). The zero-order valence-corrected chi connectivity index (χ0v) is 9.65. The van der Waals surface area contributed by atoms with Gasteiger partial charge < -0.3 is 10.4 Å². The van der Waals surface area contributed by atoms with Crippen LogP contribution in [0.1, 0.15) is 19.3 Å². The van der Waals surface area contributed by atoms with Crippen LogP contribution in [0.4, 0.5) is 0 Å². The van der Waals surface area contributed by atoms with Crippen molar-refractivity contribution in [3.63, 3.8) is 0 Å². The molecule has 0 saturated heterocycles. The molecule has 5 nitrogen and oxygen atoms in total. The molecular weight excluding hydrogens is 206 g/mol. The Morgan fingerprint density at radius 3 is 2.88 bits per heavy atom. The number of amides is 1. The van der Waals surface area contributed by atoms with Gasteiger partial charge in [-0.2, -0.15) is 5.26 Å². The number of carbonyl (C=O) groups excluding carboxylic acids is 1. The fourth-order valence-corrected chi connectivity index (χ4v) is 1.91. The van der Waals surface area contributed by atoms with Crippen LogP contribution in [0.2, 0.25) is 0 Å². The Balaban J connectivity index is 2.06. The minimum absolute atomic E-state index is 0.0439. The van der Waals surface area contributed by atoms with Crippen LogP contribution in [-0.2, 0) is 4.79 Å². The van der Waals surface area contributed by atoms with Crippen molar-refractivity contribution in [2.45, 2.75) is 25.4 Å². The molecule has 0 aromatic heterocycles. The summed E-state index contributed by atoms with van der Waals surface area (Å²) >= 11 is 0. The lowest BCUT2D eigenvalue weighted by molar-refractivity contribution is -0.122. The van der Waals surface area contributed by atoms with Gasteiger partial charge in [0.25, 0.3) is 0 Å². The predicted molar refractivity (Wildman–Crippen MR) is 59.5 cm³/mol. The molecule has 90 valence electrons. The van der Waals surface area contributed by atoms with E-state index in [1.807, 2.05) is 18.0 Å². The maximum atomic E-state index is 11.4. The van der Waals surface area contributed by atoms with Crippen LogP contribution in [-0.4, -0.2) is 48.7 Å². The molecule has 0 atom stereocenters. The molecule has 0 bridgehead atoms. The normalized spacial score (nSPS) is 23.6. The minimum Gasteiger partial charge on any atom is -0.393 e. The largest absolute Gasteiger partial charge is 0.393 e. The van der Waals surface area contributed by atoms with Crippen molar-refractivity contribution in [1.29, 1.82) is 5.26 Å². The van der Waals surface area contributed by atoms with Crippen molar-refractivity contribution in [2.75, 3.05) is 26.7 Å². The van der Waals surface area contributed by atoms with E-state index in [2.05, 4.69) is 5.32 Å². The molecule has 0 radical (unpaired) electrons. The first kappa shape index (κ1) is 12.9. The van der Waals surface area contributed by atoms with E-state index >= 15 is 0 Å². The van der Waals surface area contributed by atoms with Crippen molar-refractivity contribution < 1.29 is 9.90 Å². The van der Waals surface area contributed by atoms with Gasteiger partial charge in [0.05, 0.1) is 25.1 Å². The summed E-state index contributed by atoms with van der Waals surface area (Å²) in [6.45, 7) is 1.63. The molecule has 5 heteroatoms. The highest BCUT2D eigenvalue weighted by Gasteiger charge is 2.28. The van der Waals surface area contributed by atoms with E-state index in [0.29, 0.717) is 25.4 Å². The van der Waals surface area contributed by atoms with E-state index in [-0.39, 0.29) is 12.0 Å². The van der Waals surface area contributed by atoms with Gasteiger partial charge >= 0.3 is 0 Å². The lowest BCUT2D eigenvalue weighted by atomic mass is 9.82. The summed E-state index contributed by atoms with van der Waals surface area (Å²) < 4.78 is 0. The Morgan fingerprint density at radius 2 is 2.31 bits per heavy atom. The number of aliphatic hydroxyl groups excluding tert-OH is 1. The number of nitrogens with zero attached hydrogens (tertiary/aromatic N) is 2. The van der Waals surface area contributed by atoms with E-state index < -0.39 is 0 Å². The summed E-state index contributed by atoms with van der Waals surface area (Å²) in [5.74, 6) is 0.476. The minimum atomic E-state index is -0.136. The molecule has 0 spiro atoms. The highest BCUT2D eigenvalue weighted by molar-refractivity contribution is 5.77. The second kappa shape index (κ2) is 6.46. The molecule has 1 aliphatic rings. The van der Waals surface area contributed by atoms with Gasteiger partial charge in [-0.05, 0) is 25.8 Å². The van der Waals surface area contributed by atoms with Gasteiger partial charge in [-0.1, -0.05) is 0 Å². The molecule has 16 heavy (non-hydrogen) atoms. The molecular formula is C11H19N3O2. The van der Waals surface area contributed by atoms with Crippen molar-refractivity contribution in [3.8, 4) is 6.07 Å². The van der Waals surface area contributed by atoms with E-state index in [0.717, 1.165) is 19.4 Å². The smallest absolute Gasteiger partial charge is 0.234 e. The highest BCUT2D eigenvalue weighted by Crippen LogP contribution is 2.27. The molecule has 0 heterocycles. The van der Waals surface area contributed by atoms with Crippen molar-refractivity contribution in [2.24, 2.45) is 5.92 Å². The molecule has 2 N–H and O–H groups in total. The predicted octanol–water partition coefficient (Wildman–Crippen LogP) is -0.281. The summed E-state index contributed by atoms with van der Waals surface area (Å²) in [4.78, 5) is 13.3. The number of aliphatic hydroxyl groups is 1. The van der Waals surface area contributed by atoms with Gasteiger partial charge in [0.1, 0.15) is 0 Å². The number of nitrogens with one attached hydrogen (secondary N) is 1. The molecule has 0 aliphatic heterocycles. The van der Waals surface area contributed by atoms with E-state index in [9.17, 15) is 4.79 Å². The SMILES string of the molecule is CN(CC(=O)NCCC#N)CC1CC(O)C1. The van der Waals surface area contributed by atoms with Crippen LogP contribution in [0.25, 0.3) is 0 Å². The number of hydrogen-bond donors (Lipinski definition) is 2. The van der Waals surface area contributed by atoms with Crippen molar-refractivity contribution in [3.05, 3.63) is 0 Å². The molecule has 1 amide bonds. The zero-order chi connectivity index (χ0) is 12.0. The van der Waals surface area contributed by atoms with Gasteiger partial charge in [0, 0.05) is 13.1 Å². The van der Waals surface area contributed by atoms with Crippen LogP contribution in [0, 0.1) is 17.2 Å². The van der Waals surface area contributed by atoms with E-state index in [1.165, 1.54) is 0 Å². The maximum Gasteiger partial charge on any atom is 0.234 e. The molecule has 1 rings (SSSR count). The van der Waals surface area contributed by atoms with Crippen molar-refractivity contribution in [1.82, 2.24) is 10.2 Å². The van der Waals surface area contributed by atoms with Gasteiger partial charge in [0.2, 0.25) is 5.91 Å². The lowest BCUT2D eigenvalue weighted by Gasteiger charge is -2.34. The van der Waals surface area contributed by atoms with Gasteiger partial charge in [-0.3, -0.25) is 9.69 Å². The third-order valence-corrected chi connectivity index (χ3v) is 2.75. The van der Waals surface area contributed by atoms with E-state index in [1.54, 1.807) is 0 Å². The first-order valence-corrected chi connectivity index (χ1v) is 5.62. The zero-order valence-electron chi connectivity index (χ0n) is 9.65. The number of carbonyl (C=O) groups is 1. The van der Waals surface area contributed by atoms with Gasteiger partial charge in [-0.25, -0.2) is 0 Å². The Morgan fingerprint density at radius 1 is 1.62 bits per heavy atom. The number of hydrogen-bond acceptors (Lipinski definition) is 4. The van der Waals surface area contributed by atoms with E-state index in [4.69, 9.17) is 10.4 Å². The molecule has 1 aliphatic carbocycles. The van der Waals surface area contributed by atoms with Crippen LogP contribution in [0.5, 0.6) is 0 Å². The Hall–Kier alpha value is -1.12. The second-order valence-corrected chi connectivity index (χ2v) is 4.45. The average molecular weight is 225 g/mol. The average Bonchev–Trinajstić information content (AvgIpc) is 2.15. The van der Waals surface area contributed by atoms with Gasteiger partial charge in [0.15, 0.2) is 0 Å². The first-order valence-electron chi connectivity index (χ1n) is 5.62. The molecule has 1 fully saturated rings. The third-order valence-electron chi connectivity index (χ3n) is 2.75. The Kier molecular flexibility index (Phi) is 5.23. The number of rotatable bonds is 6. The Bertz CT molecular complexity index is 269. The highest BCUT2D eigenvalue weighted by atomic mass is 16.3. The fraction of sp³-hybridized carbons (Fsp3) is 0.818. The summed E-state index contributed by atoms with van der Waals surface area (Å²) in [5.41, 5.74) is 0. The third kappa shape index (κ3) is 4.60. The summed E-state index contributed by atoms with van der Waals surface area (Å²) in [6.07, 6.45) is 1.91. The second-order valence-electron chi connectivity index (χ2n) is 4.45.